The van der Waals surface area contributed by atoms with Gasteiger partial charge in [-0.25, -0.2) is 9.97 Å². The van der Waals surface area contributed by atoms with E-state index in [9.17, 15) is 4.79 Å². The third-order valence-electron chi connectivity index (χ3n) is 3.48. The molecule has 1 unspecified atom stereocenters. The van der Waals surface area contributed by atoms with E-state index in [0.29, 0.717) is 17.4 Å². The second-order valence-electron chi connectivity index (χ2n) is 5.38. The van der Waals surface area contributed by atoms with Gasteiger partial charge in [-0.15, -0.1) is 0 Å². The first-order valence-corrected chi connectivity index (χ1v) is 7.59. The number of anilines is 2. The molecule has 1 amide bonds. The first kappa shape index (κ1) is 16.7. The van der Waals surface area contributed by atoms with E-state index < -0.39 is 0 Å². The molecule has 2 N–H and O–H groups in total. The Morgan fingerprint density at radius 3 is 2.83 bits per heavy atom. The van der Waals surface area contributed by atoms with Crippen LogP contribution in [0.15, 0.2) is 30.5 Å². The summed E-state index contributed by atoms with van der Waals surface area (Å²) < 4.78 is 5.32. The molecule has 122 valence electrons. The highest BCUT2D eigenvalue weighted by molar-refractivity contribution is 5.92. The maximum Gasteiger partial charge on any atom is 0.270 e. The predicted octanol–water partition coefficient (Wildman–Crippen LogP) is 3.07. The van der Waals surface area contributed by atoms with Crippen LogP contribution in [0.1, 0.15) is 36.3 Å². The molecule has 2 aromatic rings. The van der Waals surface area contributed by atoms with Crippen LogP contribution >= 0.6 is 0 Å². The van der Waals surface area contributed by atoms with Gasteiger partial charge in [-0.2, -0.15) is 0 Å². The fourth-order valence-corrected chi connectivity index (χ4v) is 1.99. The second-order valence-corrected chi connectivity index (χ2v) is 5.38. The Morgan fingerprint density at radius 2 is 2.13 bits per heavy atom. The maximum atomic E-state index is 12.1. The zero-order valence-electron chi connectivity index (χ0n) is 13.9. The van der Waals surface area contributed by atoms with Crippen LogP contribution in [-0.4, -0.2) is 29.0 Å². The molecule has 0 aliphatic heterocycles. The van der Waals surface area contributed by atoms with Crippen molar-refractivity contribution in [2.75, 3.05) is 12.4 Å². The van der Waals surface area contributed by atoms with E-state index in [4.69, 9.17) is 4.74 Å². The van der Waals surface area contributed by atoms with Crippen molar-refractivity contribution in [2.24, 2.45) is 0 Å². The number of ether oxygens (including phenoxy) is 1. The van der Waals surface area contributed by atoms with Crippen molar-refractivity contribution in [3.63, 3.8) is 0 Å². The van der Waals surface area contributed by atoms with Gasteiger partial charge in [0.15, 0.2) is 0 Å². The van der Waals surface area contributed by atoms with E-state index in [1.54, 1.807) is 19.4 Å². The van der Waals surface area contributed by atoms with Gasteiger partial charge in [0.05, 0.1) is 12.8 Å². The highest BCUT2D eigenvalue weighted by Crippen LogP contribution is 2.27. The fourth-order valence-electron chi connectivity index (χ4n) is 1.99. The number of nitrogens with one attached hydrogen (secondary N) is 2. The Bertz CT molecular complexity index is 688. The number of hydrogen-bond donors (Lipinski definition) is 2. The quantitative estimate of drug-likeness (QED) is 0.857. The molecule has 6 nitrogen and oxygen atoms in total. The van der Waals surface area contributed by atoms with E-state index in [-0.39, 0.29) is 11.9 Å². The molecule has 0 radical (unpaired) electrons. The van der Waals surface area contributed by atoms with Gasteiger partial charge in [0, 0.05) is 12.2 Å². The van der Waals surface area contributed by atoms with E-state index in [1.807, 2.05) is 39.0 Å². The van der Waals surface area contributed by atoms with E-state index in [1.165, 1.54) is 0 Å². The minimum Gasteiger partial charge on any atom is -0.495 e. The summed E-state index contributed by atoms with van der Waals surface area (Å²) in [5, 5.41) is 5.99. The molecule has 0 bridgehead atoms. The highest BCUT2D eigenvalue weighted by Gasteiger charge is 2.12. The van der Waals surface area contributed by atoms with Crippen LogP contribution in [0, 0.1) is 6.92 Å². The topological polar surface area (TPSA) is 76.1 Å². The lowest BCUT2D eigenvalue weighted by Gasteiger charge is -2.13. The molecule has 1 atom stereocenters. The van der Waals surface area contributed by atoms with Crippen LogP contribution < -0.4 is 15.4 Å². The lowest BCUT2D eigenvalue weighted by molar-refractivity contribution is 0.0934. The lowest BCUT2D eigenvalue weighted by atomic mass is 10.2. The monoisotopic (exact) mass is 314 g/mol. The Hall–Kier alpha value is -2.63. The Kier molecular flexibility index (Phi) is 5.51. The number of benzene rings is 1. The number of hydrogen-bond acceptors (Lipinski definition) is 5. The summed E-state index contributed by atoms with van der Waals surface area (Å²) in [6.45, 7) is 5.96. The molecule has 1 heterocycles. The van der Waals surface area contributed by atoms with Crippen molar-refractivity contribution in [3.8, 4) is 5.75 Å². The van der Waals surface area contributed by atoms with Crippen LogP contribution in [0.2, 0.25) is 0 Å². The molecule has 0 aliphatic rings. The smallest absolute Gasteiger partial charge is 0.270 e. The Labute approximate surface area is 136 Å². The number of nitrogens with zero attached hydrogens (tertiary/aromatic N) is 2. The van der Waals surface area contributed by atoms with Crippen LogP contribution in [0.4, 0.5) is 11.6 Å². The molecule has 0 saturated carbocycles. The average molecular weight is 314 g/mol. The van der Waals surface area contributed by atoms with Crippen LogP contribution in [-0.2, 0) is 0 Å². The summed E-state index contributed by atoms with van der Waals surface area (Å²) in [6.07, 6.45) is 2.42. The number of rotatable bonds is 6. The van der Waals surface area contributed by atoms with Crippen molar-refractivity contribution in [3.05, 3.63) is 41.7 Å². The molecule has 0 saturated heterocycles. The number of aromatic nitrogens is 2. The predicted molar refractivity (Wildman–Crippen MR) is 90.3 cm³/mol. The van der Waals surface area contributed by atoms with Crippen molar-refractivity contribution in [2.45, 2.75) is 33.2 Å². The third-order valence-corrected chi connectivity index (χ3v) is 3.48. The van der Waals surface area contributed by atoms with Crippen LogP contribution in [0.25, 0.3) is 0 Å². The van der Waals surface area contributed by atoms with Gasteiger partial charge in [0.25, 0.3) is 5.91 Å². The van der Waals surface area contributed by atoms with E-state index >= 15 is 0 Å². The number of carbonyl (C=O) groups excluding carboxylic acids is 1. The molecular formula is C17H22N4O2. The molecular weight excluding hydrogens is 292 g/mol. The maximum absolute atomic E-state index is 12.1. The summed E-state index contributed by atoms with van der Waals surface area (Å²) in [5.41, 5.74) is 2.17. The minimum atomic E-state index is -0.207. The summed E-state index contributed by atoms with van der Waals surface area (Å²) in [6, 6.07) is 7.47. The molecule has 6 heteroatoms. The highest BCUT2D eigenvalue weighted by atomic mass is 16.5. The van der Waals surface area contributed by atoms with Crippen LogP contribution in [0.5, 0.6) is 5.75 Å². The molecule has 0 spiro atoms. The van der Waals surface area contributed by atoms with Gasteiger partial charge in [-0.1, -0.05) is 13.0 Å². The minimum absolute atomic E-state index is 0.103. The summed E-state index contributed by atoms with van der Waals surface area (Å²) in [7, 11) is 1.60. The van der Waals surface area contributed by atoms with Crippen LogP contribution in [0.3, 0.4) is 0 Å². The van der Waals surface area contributed by atoms with Crippen molar-refractivity contribution >= 4 is 17.5 Å². The Balaban J connectivity index is 2.20. The zero-order chi connectivity index (χ0) is 16.8. The summed E-state index contributed by atoms with van der Waals surface area (Å²) in [5.74, 6) is 0.834. The first-order chi connectivity index (χ1) is 11.0. The largest absolute Gasteiger partial charge is 0.495 e. The second kappa shape index (κ2) is 7.58. The number of amides is 1. The van der Waals surface area contributed by atoms with E-state index in [0.717, 1.165) is 17.7 Å². The first-order valence-electron chi connectivity index (χ1n) is 7.59. The van der Waals surface area contributed by atoms with E-state index in [2.05, 4.69) is 20.6 Å². The van der Waals surface area contributed by atoms with Gasteiger partial charge in [0.2, 0.25) is 5.95 Å². The molecule has 1 aromatic heterocycles. The normalized spacial score (nSPS) is 11.7. The number of carbonyl (C=O) groups is 1. The third kappa shape index (κ3) is 4.42. The van der Waals surface area contributed by atoms with Gasteiger partial charge >= 0.3 is 0 Å². The average Bonchev–Trinajstić information content (AvgIpc) is 2.55. The standard InChI is InChI=1S/C17H22N4O2/c1-5-12(3)19-16(22)13-8-9-18-17(20-13)21-14-10-11(2)6-7-15(14)23-4/h6-10,12H,5H2,1-4H3,(H,19,22)(H,18,20,21). The molecule has 2 rings (SSSR count). The van der Waals surface area contributed by atoms with Gasteiger partial charge in [0.1, 0.15) is 11.4 Å². The van der Waals surface area contributed by atoms with Crippen molar-refractivity contribution < 1.29 is 9.53 Å². The molecule has 1 aromatic carbocycles. The molecule has 23 heavy (non-hydrogen) atoms. The Morgan fingerprint density at radius 1 is 1.35 bits per heavy atom. The van der Waals surface area contributed by atoms with Gasteiger partial charge < -0.3 is 15.4 Å². The van der Waals surface area contributed by atoms with Crippen molar-refractivity contribution in [1.29, 1.82) is 0 Å². The molecule has 0 fully saturated rings. The lowest BCUT2D eigenvalue weighted by Crippen LogP contribution is -2.32. The summed E-state index contributed by atoms with van der Waals surface area (Å²) >= 11 is 0. The number of aryl methyl sites for hydroxylation is 1. The fraction of sp³-hybridized carbons (Fsp3) is 0.353. The zero-order valence-corrected chi connectivity index (χ0v) is 13.9. The molecule has 0 aliphatic carbocycles. The van der Waals surface area contributed by atoms with Gasteiger partial charge in [-0.3, -0.25) is 4.79 Å². The van der Waals surface area contributed by atoms with Crippen molar-refractivity contribution in [1.82, 2.24) is 15.3 Å². The van der Waals surface area contributed by atoms with Gasteiger partial charge in [-0.05, 0) is 44.0 Å². The SMILES string of the molecule is CCC(C)NC(=O)c1ccnc(Nc2cc(C)ccc2OC)n1. The number of methoxy groups -OCH3 is 1. The summed E-state index contributed by atoms with van der Waals surface area (Å²) in [4.78, 5) is 20.6.